The summed E-state index contributed by atoms with van der Waals surface area (Å²) in [6.45, 7) is 9.39. The summed E-state index contributed by atoms with van der Waals surface area (Å²) < 4.78 is 0. The van der Waals surface area contributed by atoms with E-state index in [0.717, 1.165) is 66.2 Å². The number of pyridine rings is 2. The fraction of sp³-hybridized carbons (Fsp3) is 0.150. The minimum absolute atomic E-state index is 0. The van der Waals surface area contributed by atoms with Crippen molar-refractivity contribution in [2.75, 3.05) is 0 Å². The number of fused-ring (bicyclic) bond motifs is 7. The van der Waals surface area contributed by atoms with Gasteiger partial charge in [0.1, 0.15) is 0 Å². The molecule has 4 aromatic carbocycles. The Morgan fingerprint density at radius 2 is 1.43 bits per heavy atom. The van der Waals surface area contributed by atoms with Gasteiger partial charge in [-0.2, -0.15) is 0 Å². The predicted octanol–water partition coefficient (Wildman–Crippen LogP) is 9.46. The third kappa shape index (κ3) is 6.19. The van der Waals surface area contributed by atoms with Crippen molar-refractivity contribution in [3.63, 3.8) is 0 Å². The number of aromatic nitrogens is 2. The van der Waals surface area contributed by atoms with E-state index in [0.29, 0.717) is 0 Å². The standard InChI is InChI=1S/C35H25N2O.C5H8O2.Ir/c1-35(2,3)24-7-8-26-29-10-9-25-27-15-18-37-33(23-6-4-5-22(19-23)21-13-16-36-17-14-21)30(27)12-11-28(25)32(29)34(38)31(26)20-24;1-4(6)3-5(2)7;/h4-5,7-20H,1-3H3;3,6H,1-2H3;/q-1;;/b;4-3-;. The molecule has 0 atom stereocenters. The second-order valence-electron chi connectivity index (χ2n) is 12.4. The van der Waals surface area contributed by atoms with Gasteiger partial charge < -0.3 is 10.1 Å². The molecule has 1 aliphatic carbocycles. The third-order valence-electron chi connectivity index (χ3n) is 8.07. The van der Waals surface area contributed by atoms with Crippen LogP contribution in [-0.4, -0.2) is 26.6 Å². The molecule has 0 saturated heterocycles. The van der Waals surface area contributed by atoms with E-state index >= 15 is 0 Å². The van der Waals surface area contributed by atoms with Crippen molar-refractivity contribution >= 4 is 33.1 Å². The van der Waals surface area contributed by atoms with E-state index in [1.807, 2.05) is 30.5 Å². The number of aliphatic hydroxyl groups is 1. The number of nitrogens with zero attached hydrogens (tertiary/aromatic N) is 2. The summed E-state index contributed by atoms with van der Waals surface area (Å²) >= 11 is 0. The van der Waals surface area contributed by atoms with E-state index in [4.69, 9.17) is 10.1 Å². The van der Waals surface area contributed by atoms with Crippen LogP contribution < -0.4 is 0 Å². The minimum atomic E-state index is -0.125. The molecule has 2 aromatic heterocycles. The number of rotatable bonds is 3. The van der Waals surface area contributed by atoms with Crippen LogP contribution in [-0.2, 0) is 30.3 Å². The van der Waals surface area contributed by atoms with Crippen LogP contribution in [0.25, 0.3) is 55.1 Å². The molecule has 1 N–H and O–H groups in total. The molecular weight excluding hydrogens is 749 g/mol. The van der Waals surface area contributed by atoms with Crippen LogP contribution in [0.5, 0.6) is 0 Å². The molecule has 6 aromatic rings. The van der Waals surface area contributed by atoms with Crippen LogP contribution >= 0.6 is 0 Å². The van der Waals surface area contributed by atoms with Crippen molar-refractivity contribution in [1.82, 2.24) is 9.97 Å². The van der Waals surface area contributed by atoms with E-state index < -0.39 is 0 Å². The van der Waals surface area contributed by atoms with Crippen LogP contribution in [0.4, 0.5) is 0 Å². The van der Waals surface area contributed by atoms with Gasteiger partial charge in [-0.1, -0.05) is 57.2 Å². The van der Waals surface area contributed by atoms with Gasteiger partial charge >= 0.3 is 0 Å². The molecule has 0 fully saturated rings. The first kappa shape index (κ1) is 32.6. The van der Waals surface area contributed by atoms with Gasteiger partial charge in [-0.05, 0) is 93.0 Å². The number of carbonyl (C=O) groups excluding carboxylic acids is 2. The van der Waals surface area contributed by atoms with Crippen LogP contribution in [0.3, 0.4) is 0 Å². The Kier molecular flexibility index (Phi) is 9.16. The quantitative estimate of drug-likeness (QED) is 0.0837. The van der Waals surface area contributed by atoms with Crippen molar-refractivity contribution in [3.8, 4) is 33.5 Å². The van der Waals surface area contributed by atoms with Crippen molar-refractivity contribution in [2.45, 2.75) is 40.0 Å². The SMILES string of the molecule is CC(=O)/C=C(/C)O.CC(C)(C)c1ccc2c(c1)C(=O)c1c-2ccc2c1ccc1c(-c3[c-]ccc(-c4ccncc4)c3)nccc12.[Ir]. The zero-order chi connectivity index (χ0) is 31.9. The summed E-state index contributed by atoms with van der Waals surface area (Å²) in [5.41, 5.74) is 8.82. The Bertz CT molecular complexity index is 2160. The summed E-state index contributed by atoms with van der Waals surface area (Å²) in [5.74, 6) is 0.0474. The Morgan fingerprint density at radius 3 is 2.11 bits per heavy atom. The Morgan fingerprint density at radius 1 is 0.761 bits per heavy atom. The topological polar surface area (TPSA) is 80.1 Å². The average molecular weight is 782 g/mol. The fourth-order valence-electron chi connectivity index (χ4n) is 5.94. The first-order chi connectivity index (χ1) is 21.5. The van der Waals surface area contributed by atoms with Crippen molar-refractivity contribution in [2.24, 2.45) is 0 Å². The number of hydrogen-bond acceptors (Lipinski definition) is 5. The van der Waals surface area contributed by atoms with Gasteiger partial charge in [0, 0.05) is 55.9 Å². The van der Waals surface area contributed by atoms with Gasteiger partial charge in [0.15, 0.2) is 11.6 Å². The minimum Gasteiger partial charge on any atom is -0.512 e. The largest absolute Gasteiger partial charge is 0.512 e. The van der Waals surface area contributed by atoms with Crippen molar-refractivity contribution in [3.05, 3.63) is 132 Å². The van der Waals surface area contributed by atoms with E-state index in [-0.39, 0.29) is 42.8 Å². The molecule has 0 bridgehead atoms. The third-order valence-corrected chi connectivity index (χ3v) is 8.07. The zero-order valence-corrected chi connectivity index (χ0v) is 28.7. The molecule has 0 unspecified atom stereocenters. The smallest absolute Gasteiger partial charge is 0.194 e. The normalized spacial score (nSPS) is 12.2. The molecule has 1 aliphatic rings. The summed E-state index contributed by atoms with van der Waals surface area (Å²) in [5, 5.41) is 12.5. The molecule has 0 amide bonds. The van der Waals surface area contributed by atoms with Crippen molar-refractivity contribution < 1.29 is 34.8 Å². The summed E-state index contributed by atoms with van der Waals surface area (Å²) in [4.78, 5) is 32.7. The molecule has 231 valence electrons. The second-order valence-corrected chi connectivity index (χ2v) is 12.4. The molecule has 0 aliphatic heterocycles. The Balaban J connectivity index is 0.000000471. The number of carbonyl (C=O) groups is 2. The molecule has 46 heavy (non-hydrogen) atoms. The van der Waals surface area contributed by atoms with E-state index in [1.54, 1.807) is 12.4 Å². The van der Waals surface area contributed by atoms with E-state index in [2.05, 4.69) is 86.4 Å². The maximum atomic E-state index is 13.8. The number of ketones is 2. The van der Waals surface area contributed by atoms with E-state index in [9.17, 15) is 9.59 Å². The molecule has 7 rings (SSSR count). The first-order valence-corrected chi connectivity index (χ1v) is 14.9. The van der Waals surface area contributed by atoms with Crippen LogP contribution in [0.15, 0.2) is 109 Å². The average Bonchev–Trinajstić information content (AvgIpc) is 3.31. The number of hydrogen-bond donors (Lipinski definition) is 1. The summed E-state index contributed by atoms with van der Waals surface area (Å²) in [7, 11) is 0. The molecule has 0 saturated carbocycles. The molecular formula is C40H33IrN2O3-. The van der Waals surface area contributed by atoms with Crippen molar-refractivity contribution in [1.29, 1.82) is 0 Å². The number of aliphatic hydroxyl groups excluding tert-OH is 1. The van der Waals surface area contributed by atoms with Gasteiger partial charge in [-0.25, -0.2) is 0 Å². The van der Waals surface area contributed by atoms with E-state index in [1.165, 1.54) is 25.5 Å². The van der Waals surface area contributed by atoms with Gasteiger partial charge in [0.2, 0.25) is 0 Å². The zero-order valence-electron chi connectivity index (χ0n) is 26.3. The van der Waals surface area contributed by atoms with Gasteiger partial charge in [0.05, 0.1) is 5.76 Å². The molecule has 2 heterocycles. The summed E-state index contributed by atoms with van der Waals surface area (Å²) in [6, 6.07) is 30.3. The first-order valence-electron chi connectivity index (χ1n) is 14.9. The maximum Gasteiger partial charge on any atom is 0.194 e. The van der Waals surface area contributed by atoms with Crippen LogP contribution in [0, 0.1) is 6.07 Å². The van der Waals surface area contributed by atoms with Crippen LogP contribution in [0.2, 0.25) is 0 Å². The van der Waals surface area contributed by atoms with Crippen LogP contribution in [0.1, 0.15) is 56.1 Å². The summed E-state index contributed by atoms with van der Waals surface area (Å²) in [6.07, 6.45) is 6.62. The number of benzene rings is 4. The molecule has 0 spiro atoms. The predicted molar refractivity (Wildman–Crippen MR) is 181 cm³/mol. The molecule has 6 heteroatoms. The fourth-order valence-corrected chi connectivity index (χ4v) is 5.94. The Labute approximate surface area is 282 Å². The molecule has 1 radical (unpaired) electrons. The van der Waals surface area contributed by atoms with Gasteiger partial charge in [0.25, 0.3) is 0 Å². The monoisotopic (exact) mass is 782 g/mol. The molecule has 5 nitrogen and oxygen atoms in total. The number of allylic oxidation sites excluding steroid dienone is 2. The van der Waals surface area contributed by atoms with Gasteiger partial charge in [-0.15, -0.1) is 35.4 Å². The second kappa shape index (κ2) is 12.9. The maximum absolute atomic E-state index is 13.8. The Hall–Kier alpha value is -4.77. The van der Waals surface area contributed by atoms with Gasteiger partial charge in [-0.3, -0.25) is 14.6 Å².